The summed E-state index contributed by atoms with van der Waals surface area (Å²) in [5.41, 5.74) is 0.0658. The number of hydrogen-bond donors (Lipinski definition) is 1. The van der Waals surface area contributed by atoms with Gasteiger partial charge in [0.15, 0.2) is 0 Å². The number of benzene rings is 1. The van der Waals surface area contributed by atoms with Crippen molar-refractivity contribution in [2.24, 2.45) is 5.92 Å². The molecule has 1 heterocycles. The number of rotatable bonds is 3. The maximum Gasteiger partial charge on any atom is 0.250 e. The highest BCUT2D eigenvalue weighted by atomic mass is 19.1. The molecule has 0 radical (unpaired) electrons. The molecule has 4 nitrogen and oxygen atoms in total. The minimum absolute atomic E-state index is 0.0658. The smallest absolute Gasteiger partial charge is 0.250 e. The predicted octanol–water partition coefficient (Wildman–Crippen LogP) is 1.84. The molecule has 0 bridgehead atoms. The van der Waals surface area contributed by atoms with Crippen molar-refractivity contribution >= 4 is 17.5 Å². The lowest BCUT2D eigenvalue weighted by Crippen LogP contribution is -2.58. The lowest BCUT2D eigenvalue weighted by Gasteiger charge is -2.33. The molecule has 1 fully saturated rings. The minimum atomic E-state index is -0.779. The van der Waals surface area contributed by atoms with Crippen LogP contribution in [0.2, 0.25) is 0 Å². The molecular formula is C14H16F2N2O2. The van der Waals surface area contributed by atoms with E-state index in [0.717, 1.165) is 23.1 Å². The first kappa shape index (κ1) is 14.4. The van der Waals surface area contributed by atoms with E-state index >= 15 is 0 Å². The number of carbonyl (C=O) groups is 2. The molecule has 0 spiro atoms. The fourth-order valence-electron chi connectivity index (χ4n) is 2.26. The molecule has 20 heavy (non-hydrogen) atoms. The average molecular weight is 282 g/mol. The van der Waals surface area contributed by atoms with Gasteiger partial charge in [-0.3, -0.25) is 9.59 Å². The molecule has 1 atom stereocenters. The van der Waals surface area contributed by atoms with E-state index in [-0.39, 0.29) is 30.0 Å². The molecule has 1 aliphatic heterocycles. The molecule has 1 aliphatic rings. The fraction of sp³-hybridized carbons (Fsp3) is 0.429. The first-order valence-corrected chi connectivity index (χ1v) is 6.43. The highest BCUT2D eigenvalue weighted by Gasteiger charge is 2.34. The molecule has 2 rings (SSSR count). The summed E-state index contributed by atoms with van der Waals surface area (Å²) in [7, 11) is 0. The Bertz CT molecular complexity index is 526. The summed E-state index contributed by atoms with van der Waals surface area (Å²) in [6, 6.07) is 2.17. The molecule has 2 amide bonds. The highest BCUT2D eigenvalue weighted by molar-refractivity contribution is 6.06. The monoisotopic (exact) mass is 282 g/mol. The summed E-state index contributed by atoms with van der Waals surface area (Å²) >= 11 is 0. The van der Waals surface area contributed by atoms with Crippen LogP contribution < -0.4 is 10.2 Å². The summed E-state index contributed by atoms with van der Waals surface area (Å²) in [6.07, 6.45) is 0.485. The van der Waals surface area contributed by atoms with Gasteiger partial charge < -0.3 is 10.2 Å². The average Bonchev–Trinajstić information content (AvgIpc) is 2.31. The summed E-state index contributed by atoms with van der Waals surface area (Å²) < 4.78 is 26.5. The van der Waals surface area contributed by atoms with Gasteiger partial charge in [-0.15, -0.1) is 0 Å². The Kier molecular flexibility index (Phi) is 4.01. The SMILES string of the molecule is CC(C)CC1NC(=O)CN(c2cc(F)cc(F)c2)C1=O. The largest absolute Gasteiger partial charge is 0.343 e. The Morgan fingerprint density at radius 2 is 1.85 bits per heavy atom. The van der Waals surface area contributed by atoms with Crippen LogP contribution in [0.15, 0.2) is 18.2 Å². The van der Waals surface area contributed by atoms with Crippen molar-refractivity contribution in [3.63, 3.8) is 0 Å². The number of nitrogens with one attached hydrogen (secondary N) is 1. The predicted molar refractivity (Wildman–Crippen MR) is 70.1 cm³/mol. The van der Waals surface area contributed by atoms with E-state index < -0.39 is 17.7 Å². The molecule has 0 aromatic heterocycles. The normalized spacial score (nSPS) is 19.4. The molecule has 108 valence electrons. The highest BCUT2D eigenvalue weighted by Crippen LogP contribution is 2.22. The summed E-state index contributed by atoms with van der Waals surface area (Å²) in [4.78, 5) is 25.1. The quantitative estimate of drug-likeness (QED) is 0.919. The van der Waals surface area contributed by atoms with E-state index in [1.165, 1.54) is 0 Å². The Balaban J connectivity index is 2.29. The molecule has 1 aromatic carbocycles. The zero-order valence-electron chi connectivity index (χ0n) is 11.3. The summed E-state index contributed by atoms with van der Waals surface area (Å²) in [6.45, 7) is 3.64. The van der Waals surface area contributed by atoms with Gasteiger partial charge in [0.05, 0.1) is 5.69 Å². The number of halogens is 2. The molecular weight excluding hydrogens is 266 g/mol. The second-order valence-corrected chi connectivity index (χ2v) is 5.30. The van der Waals surface area contributed by atoms with E-state index in [2.05, 4.69) is 5.32 Å². The third-order valence-corrected chi connectivity index (χ3v) is 3.07. The maximum atomic E-state index is 13.2. The van der Waals surface area contributed by atoms with Crippen LogP contribution in [0.5, 0.6) is 0 Å². The third kappa shape index (κ3) is 3.12. The van der Waals surface area contributed by atoms with Gasteiger partial charge >= 0.3 is 0 Å². The van der Waals surface area contributed by atoms with Crippen LogP contribution in [-0.4, -0.2) is 24.4 Å². The van der Waals surface area contributed by atoms with Crippen molar-refractivity contribution in [3.8, 4) is 0 Å². The van der Waals surface area contributed by atoms with Crippen LogP contribution in [0, 0.1) is 17.6 Å². The first-order chi connectivity index (χ1) is 9.36. The van der Waals surface area contributed by atoms with Crippen molar-refractivity contribution < 1.29 is 18.4 Å². The fourth-order valence-corrected chi connectivity index (χ4v) is 2.26. The van der Waals surface area contributed by atoms with Crippen LogP contribution in [0.4, 0.5) is 14.5 Å². The van der Waals surface area contributed by atoms with Crippen molar-refractivity contribution in [3.05, 3.63) is 29.8 Å². The standard InChI is InChI=1S/C14H16F2N2O2/c1-8(2)3-12-14(20)18(7-13(19)17-12)11-5-9(15)4-10(16)6-11/h4-6,8,12H,3,7H2,1-2H3,(H,17,19). The van der Waals surface area contributed by atoms with Gasteiger partial charge in [-0.05, 0) is 24.5 Å². The molecule has 6 heteroatoms. The van der Waals surface area contributed by atoms with Gasteiger partial charge in [0, 0.05) is 6.07 Å². The molecule has 1 saturated heterocycles. The number of nitrogens with zero attached hydrogens (tertiary/aromatic N) is 1. The van der Waals surface area contributed by atoms with Crippen LogP contribution in [-0.2, 0) is 9.59 Å². The molecule has 1 aromatic rings. The Hall–Kier alpha value is -1.98. The molecule has 0 saturated carbocycles. The Morgan fingerprint density at radius 1 is 1.25 bits per heavy atom. The van der Waals surface area contributed by atoms with Crippen LogP contribution in [0.25, 0.3) is 0 Å². The number of hydrogen-bond acceptors (Lipinski definition) is 2. The van der Waals surface area contributed by atoms with Gasteiger partial charge in [-0.2, -0.15) is 0 Å². The van der Waals surface area contributed by atoms with E-state index in [9.17, 15) is 18.4 Å². The van der Waals surface area contributed by atoms with Gasteiger partial charge in [0.25, 0.3) is 0 Å². The van der Waals surface area contributed by atoms with Crippen LogP contribution >= 0.6 is 0 Å². The number of carbonyl (C=O) groups excluding carboxylic acids is 2. The first-order valence-electron chi connectivity index (χ1n) is 6.43. The number of piperazine rings is 1. The van der Waals surface area contributed by atoms with Crippen molar-refractivity contribution in [1.29, 1.82) is 0 Å². The summed E-state index contributed by atoms with van der Waals surface area (Å²) in [5, 5.41) is 2.61. The summed E-state index contributed by atoms with van der Waals surface area (Å²) in [5.74, 6) is -2.02. The van der Waals surface area contributed by atoms with Crippen molar-refractivity contribution in [2.45, 2.75) is 26.3 Å². The van der Waals surface area contributed by atoms with Gasteiger partial charge in [0.2, 0.25) is 11.8 Å². The lowest BCUT2D eigenvalue weighted by molar-refractivity contribution is -0.131. The van der Waals surface area contributed by atoms with Gasteiger partial charge in [-0.1, -0.05) is 13.8 Å². The minimum Gasteiger partial charge on any atom is -0.343 e. The molecule has 0 aliphatic carbocycles. The second-order valence-electron chi connectivity index (χ2n) is 5.30. The maximum absolute atomic E-state index is 13.2. The van der Waals surface area contributed by atoms with E-state index in [4.69, 9.17) is 0 Å². The zero-order valence-corrected chi connectivity index (χ0v) is 11.3. The van der Waals surface area contributed by atoms with E-state index in [1.54, 1.807) is 0 Å². The van der Waals surface area contributed by atoms with E-state index in [1.807, 2.05) is 13.8 Å². The van der Waals surface area contributed by atoms with Crippen molar-refractivity contribution in [1.82, 2.24) is 5.32 Å². The second kappa shape index (κ2) is 5.56. The molecule has 1 unspecified atom stereocenters. The molecule has 1 N–H and O–H groups in total. The zero-order chi connectivity index (χ0) is 14.9. The Labute approximate surface area is 115 Å². The third-order valence-electron chi connectivity index (χ3n) is 3.07. The van der Waals surface area contributed by atoms with E-state index in [0.29, 0.717) is 6.42 Å². The van der Waals surface area contributed by atoms with Crippen molar-refractivity contribution in [2.75, 3.05) is 11.4 Å². The van der Waals surface area contributed by atoms with Crippen LogP contribution in [0.3, 0.4) is 0 Å². The number of amides is 2. The van der Waals surface area contributed by atoms with Gasteiger partial charge in [0.1, 0.15) is 24.2 Å². The topological polar surface area (TPSA) is 49.4 Å². The lowest BCUT2D eigenvalue weighted by atomic mass is 10.0. The van der Waals surface area contributed by atoms with Crippen LogP contribution in [0.1, 0.15) is 20.3 Å². The Morgan fingerprint density at radius 3 is 2.40 bits per heavy atom. The van der Waals surface area contributed by atoms with Gasteiger partial charge in [-0.25, -0.2) is 8.78 Å². The number of anilines is 1.